The number of hydrogen-bond acceptors (Lipinski definition) is 4. The van der Waals surface area contributed by atoms with Gasteiger partial charge in [-0.2, -0.15) is 0 Å². The third-order valence-electron chi connectivity index (χ3n) is 4.65. The van der Waals surface area contributed by atoms with E-state index >= 15 is 0 Å². The van der Waals surface area contributed by atoms with Crippen LogP contribution in [0.25, 0.3) is 0 Å². The zero-order chi connectivity index (χ0) is 14.4. The smallest absolute Gasteiger partial charge is 0.106 e. The molecule has 0 bridgehead atoms. The molecule has 3 unspecified atom stereocenters. The Hall–Kier alpha value is -0.420. The second kappa shape index (κ2) is 7.55. The van der Waals surface area contributed by atoms with E-state index in [4.69, 9.17) is 10.5 Å². The van der Waals surface area contributed by atoms with Gasteiger partial charge in [-0.1, -0.05) is 18.6 Å². The highest BCUT2D eigenvalue weighted by Crippen LogP contribution is 2.31. The van der Waals surface area contributed by atoms with Gasteiger partial charge in [0, 0.05) is 0 Å². The molecule has 0 radical (unpaired) electrons. The molecule has 1 saturated carbocycles. The van der Waals surface area contributed by atoms with Crippen LogP contribution in [0.1, 0.15) is 51.4 Å². The summed E-state index contributed by atoms with van der Waals surface area (Å²) in [6.07, 6.45) is 11.4. The lowest BCUT2D eigenvalue weighted by molar-refractivity contribution is -0.0772. The van der Waals surface area contributed by atoms with Crippen molar-refractivity contribution in [2.24, 2.45) is 11.7 Å². The minimum Gasteiger partial charge on any atom is -0.393 e. The second-order valence-electron chi connectivity index (χ2n) is 6.40. The fraction of sp³-hybridized carbons (Fsp3) is 0.875. The third kappa shape index (κ3) is 4.55. The summed E-state index contributed by atoms with van der Waals surface area (Å²) >= 11 is 0. The number of allylic oxidation sites excluding steroid dienone is 1. The van der Waals surface area contributed by atoms with Crippen LogP contribution in [0.4, 0.5) is 0 Å². The first-order valence-electron chi connectivity index (χ1n) is 8.03. The fourth-order valence-electron chi connectivity index (χ4n) is 3.38. The fourth-order valence-corrected chi connectivity index (χ4v) is 3.38. The zero-order valence-corrected chi connectivity index (χ0v) is 12.3. The van der Waals surface area contributed by atoms with E-state index in [9.17, 15) is 10.2 Å². The first-order chi connectivity index (χ1) is 9.63. The van der Waals surface area contributed by atoms with Crippen molar-refractivity contribution in [1.29, 1.82) is 0 Å². The molecule has 2 aliphatic carbocycles. The first-order valence-corrected chi connectivity index (χ1v) is 8.03. The highest BCUT2D eigenvalue weighted by Gasteiger charge is 2.31. The van der Waals surface area contributed by atoms with Gasteiger partial charge in [0.15, 0.2) is 0 Å². The number of aliphatic hydroxyl groups is 2. The summed E-state index contributed by atoms with van der Waals surface area (Å²) in [5.74, 6) is 0.300. The maximum Gasteiger partial charge on any atom is 0.106 e. The number of nitrogens with two attached hydrogens (primary N) is 1. The maximum atomic E-state index is 10.4. The molecule has 0 amide bonds. The molecule has 2 rings (SSSR count). The van der Waals surface area contributed by atoms with E-state index in [-0.39, 0.29) is 12.2 Å². The minimum absolute atomic E-state index is 0.167. The Labute approximate surface area is 122 Å². The highest BCUT2D eigenvalue weighted by molar-refractivity contribution is 5.05. The van der Waals surface area contributed by atoms with E-state index in [1.807, 2.05) is 12.2 Å². The van der Waals surface area contributed by atoms with Gasteiger partial charge in [-0.3, -0.25) is 0 Å². The highest BCUT2D eigenvalue weighted by atomic mass is 16.5. The molecule has 2 aliphatic rings. The Morgan fingerprint density at radius 3 is 2.90 bits per heavy atom. The Balaban J connectivity index is 1.78. The molecule has 0 aromatic rings. The molecular formula is C16H29NO3. The summed E-state index contributed by atoms with van der Waals surface area (Å²) in [5.41, 5.74) is 4.74. The number of ether oxygens (including phenoxy) is 1. The SMILES string of the molecule is NCCC(O)[C@@H]1CCCC(OCC2(O)C=CCCC2)C1. The van der Waals surface area contributed by atoms with Crippen LogP contribution in [-0.4, -0.2) is 41.2 Å². The molecule has 20 heavy (non-hydrogen) atoms. The van der Waals surface area contributed by atoms with E-state index in [2.05, 4.69) is 0 Å². The van der Waals surface area contributed by atoms with E-state index in [0.29, 0.717) is 25.5 Å². The van der Waals surface area contributed by atoms with Gasteiger partial charge < -0.3 is 20.7 Å². The summed E-state index contributed by atoms with van der Waals surface area (Å²) in [6, 6.07) is 0. The van der Waals surface area contributed by atoms with Crippen molar-refractivity contribution in [2.45, 2.75) is 69.2 Å². The Morgan fingerprint density at radius 1 is 1.35 bits per heavy atom. The summed E-state index contributed by atoms with van der Waals surface area (Å²) in [5, 5.41) is 20.4. The van der Waals surface area contributed by atoms with Gasteiger partial charge in [0.1, 0.15) is 5.60 Å². The van der Waals surface area contributed by atoms with Crippen LogP contribution in [0.2, 0.25) is 0 Å². The van der Waals surface area contributed by atoms with Crippen LogP contribution < -0.4 is 5.73 Å². The molecule has 0 aromatic carbocycles. The molecule has 1 fully saturated rings. The zero-order valence-electron chi connectivity index (χ0n) is 12.3. The van der Waals surface area contributed by atoms with Crippen LogP contribution in [0.5, 0.6) is 0 Å². The van der Waals surface area contributed by atoms with E-state index in [1.54, 1.807) is 0 Å². The van der Waals surface area contributed by atoms with Gasteiger partial charge in [-0.25, -0.2) is 0 Å². The van der Waals surface area contributed by atoms with Crippen molar-refractivity contribution in [3.8, 4) is 0 Å². The van der Waals surface area contributed by atoms with E-state index in [0.717, 1.165) is 44.9 Å². The third-order valence-corrected chi connectivity index (χ3v) is 4.65. The number of rotatable bonds is 6. The molecule has 4 atom stereocenters. The van der Waals surface area contributed by atoms with Gasteiger partial charge >= 0.3 is 0 Å². The van der Waals surface area contributed by atoms with Gasteiger partial charge in [-0.15, -0.1) is 0 Å². The molecule has 0 aliphatic heterocycles. The van der Waals surface area contributed by atoms with Crippen molar-refractivity contribution in [3.63, 3.8) is 0 Å². The minimum atomic E-state index is -0.777. The molecule has 116 valence electrons. The molecule has 4 nitrogen and oxygen atoms in total. The maximum absolute atomic E-state index is 10.4. The van der Waals surface area contributed by atoms with Crippen molar-refractivity contribution in [2.75, 3.05) is 13.2 Å². The molecule has 4 N–H and O–H groups in total. The van der Waals surface area contributed by atoms with E-state index < -0.39 is 5.60 Å². The number of aliphatic hydroxyl groups excluding tert-OH is 1. The second-order valence-corrected chi connectivity index (χ2v) is 6.40. The predicted molar refractivity (Wildman–Crippen MR) is 79.3 cm³/mol. The lowest BCUT2D eigenvalue weighted by Crippen LogP contribution is -2.38. The largest absolute Gasteiger partial charge is 0.393 e. The van der Waals surface area contributed by atoms with Crippen molar-refractivity contribution >= 4 is 0 Å². The normalized spacial score (nSPS) is 36.0. The van der Waals surface area contributed by atoms with Crippen molar-refractivity contribution in [3.05, 3.63) is 12.2 Å². The summed E-state index contributed by atoms with van der Waals surface area (Å²) < 4.78 is 5.94. The van der Waals surface area contributed by atoms with Crippen LogP contribution in [0.15, 0.2) is 12.2 Å². The Morgan fingerprint density at radius 2 is 2.20 bits per heavy atom. The molecule has 0 saturated heterocycles. The van der Waals surface area contributed by atoms with Gasteiger partial charge in [0.2, 0.25) is 0 Å². The summed E-state index contributed by atoms with van der Waals surface area (Å²) in [4.78, 5) is 0. The van der Waals surface area contributed by atoms with Crippen molar-refractivity contribution in [1.82, 2.24) is 0 Å². The average Bonchev–Trinajstić information content (AvgIpc) is 2.47. The predicted octanol–water partition coefficient (Wildman–Crippen LogP) is 1.74. The molecular weight excluding hydrogens is 254 g/mol. The standard InChI is InChI=1S/C16H29NO3/c17-10-7-15(18)13-5-4-6-14(11-13)20-12-16(19)8-2-1-3-9-16/h2,8,13-15,18-19H,1,3-7,9-12,17H2/t13-,14?,15?,16?/m1/s1. The van der Waals surface area contributed by atoms with Gasteiger partial charge in [-0.05, 0) is 57.4 Å². The quantitative estimate of drug-likeness (QED) is 0.649. The Bertz CT molecular complexity index is 321. The van der Waals surface area contributed by atoms with Crippen LogP contribution in [0.3, 0.4) is 0 Å². The first kappa shape index (κ1) is 16.0. The van der Waals surface area contributed by atoms with Crippen molar-refractivity contribution < 1.29 is 14.9 Å². The van der Waals surface area contributed by atoms with Crippen LogP contribution in [0, 0.1) is 5.92 Å². The molecule has 0 heterocycles. The molecule has 0 aromatic heterocycles. The van der Waals surface area contributed by atoms with Gasteiger partial charge in [0.05, 0.1) is 18.8 Å². The van der Waals surface area contributed by atoms with Crippen LogP contribution in [-0.2, 0) is 4.74 Å². The Kier molecular flexibility index (Phi) is 6.02. The molecule has 4 heteroatoms. The van der Waals surface area contributed by atoms with Gasteiger partial charge in [0.25, 0.3) is 0 Å². The molecule has 0 spiro atoms. The monoisotopic (exact) mass is 283 g/mol. The average molecular weight is 283 g/mol. The lowest BCUT2D eigenvalue weighted by atomic mass is 9.82. The number of hydrogen-bond donors (Lipinski definition) is 3. The summed E-state index contributed by atoms with van der Waals surface area (Å²) in [6.45, 7) is 0.918. The lowest BCUT2D eigenvalue weighted by Gasteiger charge is -2.35. The van der Waals surface area contributed by atoms with Crippen LogP contribution >= 0.6 is 0 Å². The summed E-state index contributed by atoms with van der Waals surface area (Å²) in [7, 11) is 0. The van der Waals surface area contributed by atoms with E-state index in [1.165, 1.54) is 0 Å². The topological polar surface area (TPSA) is 75.7 Å².